The Morgan fingerprint density at radius 1 is 1.53 bits per heavy atom. The number of anilines is 1. The van der Waals surface area contributed by atoms with Gasteiger partial charge in [-0.3, -0.25) is 0 Å². The Morgan fingerprint density at radius 2 is 2.26 bits per heavy atom. The van der Waals surface area contributed by atoms with Crippen molar-refractivity contribution >= 4 is 23.5 Å². The number of nitrogens with zero attached hydrogens (tertiary/aromatic N) is 2. The van der Waals surface area contributed by atoms with Gasteiger partial charge in [0.15, 0.2) is 5.16 Å². The molecule has 0 aliphatic rings. The molecule has 0 aliphatic heterocycles. The standard InChI is InChI=1S/C12H19N3O3S/c1-4-17-11(16)9-7-14-12(15-10(9)13)19-6-5-18-8(2)3/h7-8H,4-6H2,1-3H3,(H2,13,14,15). The van der Waals surface area contributed by atoms with Gasteiger partial charge in [-0.25, -0.2) is 14.8 Å². The van der Waals surface area contributed by atoms with Crippen LogP contribution in [0.25, 0.3) is 0 Å². The van der Waals surface area contributed by atoms with Gasteiger partial charge in [-0.1, -0.05) is 11.8 Å². The number of carbonyl (C=O) groups is 1. The van der Waals surface area contributed by atoms with Crippen molar-refractivity contribution in [2.45, 2.75) is 32.0 Å². The number of nitrogens with two attached hydrogens (primary N) is 1. The van der Waals surface area contributed by atoms with Crippen molar-refractivity contribution in [3.05, 3.63) is 11.8 Å². The molecule has 0 atom stereocenters. The number of esters is 1. The predicted molar refractivity (Wildman–Crippen MR) is 74.2 cm³/mol. The van der Waals surface area contributed by atoms with Gasteiger partial charge >= 0.3 is 5.97 Å². The Labute approximate surface area is 117 Å². The minimum absolute atomic E-state index is 0.140. The molecule has 0 saturated carbocycles. The first-order valence-corrected chi connectivity index (χ1v) is 7.07. The summed E-state index contributed by atoms with van der Waals surface area (Å²) in [7, 11) is 0. The van der Waals surface area contributed by atoms with Crippen LogP contribution in [0, 0.1) is 0 Å². The zero-order valence-electron chi connectivity index (χ0n) is 11.4. The average Bonchev–Trinajstić information content (AvgIpc) is 2.34. The third-order valence-corrected chi connectivity index (χ3v) is 2.88. The molecule has 1 heterocycles. The van der Waals surface area contributed by atoms with Gasteiger partial charge in [0, 0.05) is 11.9 Å². The number of carbonyl (C=O) groups excluding carboxylic acids is 1. The summed E-state index contributed by atoms with van der Waals surface area (Å²) in [5.74, 6) is 0.372. The second kappa shape index (κ2) is 7.96. The number of thioether (sulfide) groups is 1. The first-order chi connectivity index (χ1) is 9.04. The summed E-state index contributed by atoms with van der Waals surface area (Å²) in [5.41, 5.74) is 5.91. The molecule has 0 radical (unpaired) electrons. The van der Waals surface area contributed by atoms with E-state index in [9.17, 15) is 4.79 Å². The van der Waals surface area contributed by atoms with Gasteiger partial charge in [-0.2, -0.15) is 0 Å². The van der Waals surface area contributed by atoms with Crippen molar-refractivity contribution < 1.29 is 14.3 Å². The molecule has 0 fully saturated rings. The lowest BCUT2D eigenvalue weighted by Gasteiger charge is -2.07. The highest BCUT2D eigenvalue weighted by molar-refractivity contribution is 7.99. The summed E-state index contributed by atoms with van der Waals surface area (Å²) >= 11 is 1.43. The van der Waals surface area contributed by atoms with Crippen LogP contribution in [0.4, 0.5) is 5.82 Å². The van der Waals surface area contributed by atoms with Crippen LogP contribution in [-0.4, -0.2) is 41.0 Å². The fourth-order valence-electron chi connectivity index (χ4n) is 1.23. The zero-order chi connectivity index (χ0) is 14.3. The van der Waals surface area contributed by atoms with Gasteiger partial charge in [-0.15, -0.1) is 0 Å². The highest BCUT2D eigenvalue weighted by Gasteiger charge is 2.13. The van der Waals surface area contributed by atoms with E-state index in [1.807, 2.05) is 13.8 Å². The minimum atomic E-state index is -0.500. The minimum Gasteiger partial charge on any atom is -0.462 e. The number of aromatic nitrogens is 2. The van der Waals surface area contributed by atoms with Crippen LogP contribution < -0.4 is 5.73 Å². The lowest BCUT2D eigenvalue weighted by atomic mass is 10.3. The third kappa shape index (κ3) is 5.44. The van der Waals surface area contributed by atoms with Gasteiger partial charge in [0.25, 0.3) is 0 Å². The highest BCUT2D eigenvalue weighted by Crippen LogP contribution is 2.17. The lowest BCUT2D eigenvalue weighted by Crippen LogP contribution is -2.11. The maximum atomic E-state index is 11.5. The zero-order valence-corrected chi connectivity index (χ0v) is 12.2. The van der Waals surface area contributed by atoms with E-state index in [0.717, 1.165) is 5.75 Å². The molecular weight excluding hydrogens is 266 g/mol. The smallest absolute Gasteiger partial charge is 0.343 e. The molecule has 7 heteroatoms. The van der Waals surface area contributed by atoms with E-state index in [2.05, 4.69) is 9.97 Å². The van der Waals surface area contributed by atoms with E-state index in [0.29, 0.717) is 18.4 Å². The van der Waals surface area contributed by atoms with Crippen molar-refractivity contribution in [3.63, 3.8) is 0 Å². The van der Waals surface area contributed by atoms with Crippen LogP contribution >= 0.6 is 11.8 Å². The van der Waals surface area contributed by atoms with Crippen molar-refractivity contribution in [2.75, 3.05) is 24.7 Å². The number of hydrogen-bond acceptors (Lipinski definition) is 7. The van der Waals surface area contributed by atoms with E-state index < -0.39 is 5.97 Å². The van der Waals surface area contributed by atoms with Crippen molar-refractivity contribution in [3.8, 4) is 0 Å². The molecule has 1 aromatic rings. The van der Waals surface area contributed by atoms with Crippen LogP contribution in [0.15, 0.2) is 11.4 Å². The summed E-state index contributed by atoms with van der Waals surface area (Å²) in [6.07, 6.45) is 1.60. The molecule has 0 saturated heterocycles. The summed E-state index contributed by atoms with van der Waals surface area (Å²) < 4.78 is 10.3. The monoisotopic (exact) mass is 285 g/mol. The molecular formula is C12H19N3O3S. The Morgan fingerprint density at radius 3 is 2.84 bits per heavy atom. The second-order valence-corrected chi connectivity index (χ2v) is 5.00. The lowest BCUT2D eigenvalue weighted by molar-refractivity contribution is 0.0526. The summed E-state index contributed by atoms with van der Waals surface area (Å²) in [6.45, 7) is 6.60. The van der Waals surface area contributed by atoms with E-state index in [-0.39, 0.29) is 17.5 Å². The first kappa shape index (κ1) is 15.7. The largest absolute Gasteiger partial charge is 0.462 e. The van der Waals surface area contributed by atoms with E-state index in [1.165, 1.54) is 18.0 Å². The first-order valence-electron chi connectivity index (χ1n) is 6.08. The van der Waals surface area contributed by atoms with Gasteiger partial charge < -0.3 is 15.2 Å². The van der Waals surface area contributed by atoms with E-state index >= 15 is 0 Å². The number of nitrogen functional groups attached to an aromatic ring is 1. The van der Waals surface area contributed by atoms with Gasteiger partial charge in [0.05, 0.1) is 19.3 Å². The summed E-state index contributed by atoms with van der Waals surface area (Å²) in [4.78, 5) is 19.6. The molecule has 1 rings (SSSR count). The molecule has 0 aromatic carbocycles. The quantitative estimate of drug-likeness (QED) is 0.353. The molecule has 19 heavy (non-hydrogen) atoms. The maximum Gasteiger partial charge on any atom is 0.343 e. The van der Waals surface area contributed by atoms with E-state index in [4.69, 9.17) is 15.2 Å². The van der Waals surface area contributed by atoms with Crippen LogP contribution in [0.1, 0.15) is 31.1 Å². The predicted octanol–water partition coefficient (Wildman–Crippen LogP) is 1.75. The van der Waals surface area contributed by atoms with Crippen LogP contribution in [0.3, 0.4) is 0 Å². The molecule has 0 bridgehead atoms. The van der Waals surface area contributed by atoms with E-state index in [1.54, 1.807) is 6.92 Å². The molecule has 6 nitrogen and oxygen atoms in total. The fraction of sp³-hybridized carbons (Fsp3) is 0.583. The number of rotatable bonds is 7. The van der Waals surface area contributed by atoms with Crippen LogP contribution in [0.2, 0.25) is 0 Å². The molecule has 0 amide bonds. The molecule has 0 spiro atoms. The summed E-state index contributed by atoms with van der Waals surface area (Å²) in [6, 6.07) is 0. The number of hydrogen-bond donors (Lipinski definition) is 1. The Kier molecular flexibility index (Phi) is 6.58. The molecule has 0 unspecified atom stereocenters. The normalized spacial score (nSPS) is 10.7. The summed E-state index contributed by atoms with van der Waals surface area (Å²) in [5, 5.41) is 0.526. The molecule has 106 valence electrons. The van der Waals surface area contributed by atoms with Crippen LogP contribution in [0.5, 0.6) is 0 Å². The second-order valence-electron chi connectivity index (χ2n) is 3.94. The highest BCUT2D eigenvalue weighted by atomic mass is 32.2. The molecule has 0 aliphatic carbocycles. The van der Waals surface area contributed by atoms with Crippen molar-refractivity contribution in [1.29, 1.82) is 0 Å². The Hall–Kier alpha value is -1.34. The van der Waals surface area contributed by atoms with Crippen molar-refractivity contribution in [1.82, 2.24) is 9.97 Å². The SMILES string of the molecule is CCOC(=O)c1cnc(SCCOC(C)C)nc1N. The Balaban J connectivity index is 2.54. The van der Waals surface area contributed by atoms with Gasteiger partial charge in [0.1, 0.15) is 11.4 Å². The molecule has 1 aromatic heterocycles. The maximum absolute atomic E-state index is 11.5. The van der Waals surface area contributed by atoms with Gasteiger partial charge in [0.2, 0.25) is 0 Å². The third-order valence-electron chi connectivity index (χ3n) is 2.06. The van der Waals surface area contributed by atoms with Crippen molar-refractivity contribution in [2.24, 2.45) is 0 Å². The number of ether oxygens (including phenoxy) is 2. The topological polar surface area (TPSA) is 87.3 Å². The average molecular weight is 285 g/mol. The van der Waals surface area contributed by atoms with Gasteiger partial charge in [-0.05, 0) is 20.8 Å². The molecule has 2 N–H and O–H groups in total. The van der Waals surface area contributed by atoms with Crippen LogP contribution in [-0.2, 0) is 9.47 Å². The Bertz CT molecular complexity index is 427. The fourth-order valence-corrected chi connectivity index (χ4v) is 1.88.